The van der Waals surface area contributed by atoms with E-state index in [1.54, 1.807) is 53.7 Å². The molecule has 0 aromatic heterocycles. The van der Waals surface area contributed by atoms with E-state index in [4.69, 9.17) is 61.6 Å². The molecule has 1 saturated carbocycles. The number of ketones is 1. The zero-order valence-corrected chi connectivity index (χ0v) is 55.9. The summed E-state index contributed by atoms with van der Waals surface area (Å²) in [7, 11) is 2.66. The van der Waals surface area contributed by atoms with E-state index in [9.17, 15) is 50.3 Å². The van der Waals surface area contributed by atoms with Gasteiger partial charge in [0.15, 0.2) is 37.1 Å². The highest BCUT2D eigenvalue weighted by Gasteiger charge is 2.64. The molecule has 26 heteroatoms. The molecule has 2 bridgehead atoms. The van der Waals surface area contributed by atoms with Gasteiger partial charge in [0.1, 0.15) is 41.8 Å². The minimum Gasteiger partial charge on any atom is -0.511 e. The molecule has 6 heterocycles. The van der Waals surface area contributed by atoms with Crippen LogP contribution in [0.25, 0.3) is 0 Å². The van der Waals surface area contributed by atoms with E-state index < -0.39 is 209 Å². The van der Waals surface area contributed by atoms with Gasteiger partial charge in [0, 0.05) is 74.2 Å². The summed E-state index contributed by atoms with van der Waals surface area (Å²) in [5, 5.41) is 83.6. The van der Waals surface area contributed by atoms with E-state index in [2.05, 4.69) is 25.2 Å². The normalized spacial score (nSPS) is 49.9. The van der Waals surface area contributed by atoms with Gasteiger partial charge in [-0.2, -0.15) is 0 Å². The Labute approximate surface area is 543 Å². The lowest BCUT2D eigenvalue weighted by molar-refractivity contribution is -0.584. The van der Waals surface area contributed by atoms with Gasteiger partial charge in [-0.05, 0) is 96.1 Å². The molecule has 31 unspecified atom stereocenters. The zero-order valence-electron chi connectivity index (χ0n) is 55.9. The summed E-state index contributed by atoms with van der Waals surface area (Å²) in [6.07, 6.45) is -8.05. The number of alkyl carbamates (subject to hydrolysis) is 1. The number of ether oxygens (including phenoxy) is 13. The first-order valence-corrected chi connectivity index (χ1v) is 33.2. The van der Waals surface area contributed by atoms with Crippen LogP contribution in [0, 0.1) is 57.0 Å². The fraction of sp³-hybridized carbons (Fsp3) is 0.806. The molecule has 93 heavy (non-hydrogen) atoms. The number of rotatable bonds is 14. The van der Waals surface area contributed by atoms with Crippen LogP contribution in [-0.2, 0) is 71.2 Å². The number of esters is 1. The molecule has 10 aliphatic rings. The van der Waals surface area contributed by atoms with Crippen molar-refractivity contribution in [2.24, 2.45) is 46.8 Å². The summed E-state index contributed by atoms with van der Waals surface area (Å²) in [5.74, 6) is -5.33. The molecule has 0 aromatic carbocycles. The van der Waals surface area contributed by atoms with Gasteiger partial charge >= 0.3 is 12.1 Å². The maximum atomic E-state index is 15.7. The van der Waals surface area contributed by atoms with Crippen molar-refractivity contribution in [1.82, 2.24) is 5.32 Å². The van der Waals surface area contributed by atoms with Crippen molar-refractivity contribution in [1.29, 1.82) is 0 Å². The van der Waals surface area contributed by atoms with Gasteiger partial charge in [-0.3, -0.25) is 14.9 Å². The first kappa shape index (κ1) is 71.4. The van der Waals surface area contributed by atoms with Crippen LogP contribution in [0.1, 0.15) is 134 Å². The Hall–Kier alpha value is -4.33. The summed E-state index contributed by atoms with van der Waals surface area (Å²) in [4.78, 5) is 55.4. The highest BCUT2D eigenvalue weighted by atomic mass is 16.8. The molecule has 1 spiro atoms. The Morgan fingerprint density at radius 3 is 1.92 bits per heavy atom. The fourth-order valence-corrected chi connectivity index (χ4v) is 17.2. The quantitative estimate of drug-likeness (QED) is 0.0373. The molecule has 10 rings (SSSR count). The van der Waals surface area contributed by atoms with Gasteiger partial charge in [-0.1, -0.05) is 63.6 Å². The third-order valence-electron chi connectivity index (χ3n) is 22.3. The van der Waals surface area contributed by atoms with E-state index >= 15 is 4.79 Å². The number of aliphatic hydroxyl groups is 6. The second kappa shape index (κ2) is 28.3. The summed E-state index contributed by atoms with van der Waals surface area (Å²) >= 11 is 0. The molecule has 31 atom stereocenters. The number of fused-ring (bicyclic) bond motifs is 4. The van der Waals surface area contributed by atoms with Crippen molar-refractivity contribution in [3.05, 3.63) is 68.5 Å². The molecule has 7 fully saturated rings. The number of carbonyl (C=O) groups is 3. The van der Waals surface area contributed by atoms with Crippen LogP contribution in [0.5, 0.6) is 0 Å². The first-order chi connectivity index (χ1) is 43.9. The molecule has 522 valence electrons. The largest absolute Gasteiger partial charge is 0.511 e. The molecular weight excluding hydrogens is 1220 g/mol. The van der Waals surface area contributed by atoms with E-state index in [-0.39, 0.29) is 63.4 Å². The maximum Gasteiger partial charge on any atom is 0.407 e. The SMILES string of the molecule is COC(=O)NC1C(C)OC(OC2C/C=C(\C)C3C=CC4C(OC5CC(OC6CC(OC7CC(O)C(O)C(C)O7)C(OC7CC(O)C(OC)C(C)O7)C(C)O6)C(O)C(C)O5)C(C)CC(C)C4C3(C)/C(O)=C3/C(=O)OC4(CC(C)C(CO)=CC4/C=C/2C)C3=O)CC1(C)[N+](=O)[O-]. The van der Waals surface area contributed by atoms with Gasteiger partial charge in [0.25, 0.3) is 0 Å². The Kier molecular flexibility index (Phi) is 21.7. The van der Waals surface area contributed by atoms with Gasteiger partial charge < -0.3 is 97.5 Å². The molecule has 6 saturated heterocycles. The smallest absolute Gasteiger partial charge is 0.407 e. The average molecular weight is 1320 g/mol. The number of nitro groups is 1. The molecular formula is C67H100N2O24. The lowest BCUT2D eigenvalue weighted by atomic mass is 9.49. The molecule has 6 aliphatic heterocycles. The summed E-state index contributed by atoms with van der Waals surface area (Å²) in [6.45, 7) is 21.2. The topological polar surface area (TPSA) is 348 Å². The third-order valence-corrected chi connectivity index (χ3v) is 22.3. The molecule has 4 aliphatic carbocycles. The van der Waals surface area contributed by atoms with Crippen molar-refractivity contribution in [2.75, 3.05) is 20.8 Å². The Morgan fingerprint density at radius 2 is 1.28 bits per heavy atom. The van der Waals surface area contributed by atoms with Crippen LogP contribution in [0.4, 0.5) is 4.79 Å². The van der Waals surface area contributed by atoms with Gasteiger partial charge in [-0.15, -0.1) is 0 Å². The second-order valence-corrected chi connectivity index (χ2v) is 28.6. The molecule has 1 amide bonds. The number of hydrogen-bond acceptors (Lipinski definition) is 24. The second-order valence-electron chi connectivity index (χ2n) is 28.6. The van der Waals surface area contributed by atoms with Crippen LogP contribution in [-0.4, -0.2) is 214 Å². The number of hydrogen-bond donors (Lipinski definition) is 7. The summed E-state index contributed by atoms with van der Waals surface area (Å²) in [6, 6.07) is -1.09. The number of nitrogens with zero attached hydrogens (tertiary/aromatic N) is 1. The Bertz CT molecular complexity index is 2880. The number of Topliss-reactive ketones (excluding diaryl/α,β-unsaturated/α-hetero) is 1. The lowest BCUT2D eigenvalue weighted by Gasteiger charge is -2.56. The summed E-state index contributed by atoms with van der Waals surface area (Å²) < 4.78 is 82.0. The van der Waals surface area contributed by atoms with Gasteiger partial charge in [0.2, 0.25) is 11.3 Å². The van der Waals surface area contributed by atoms with Crippen molar-refractivity contribution < 1.29 is 112 Å². The standard InChI is InChI=1S/C67H100N2O24/c1-29-15-18-45(88-52-27-65(11,69(79)80)60(38(10)87-52)68-64(78)82-14)30(2)20-40-21-39(28-70)33(5)26-67(40)62(76)53(63(77)93-67)61(75)66(12)42(29)17-16-41-54(66)31(3)19-32(4)57(41)91-51-24-46(56(74)35(7)84-51)89-50-25-47(90-48-22-43(71)55(73)34(6)83-48)59(37(9)86-50)92-49-23-44(72)58(81-13)36(8)85-49/h15-17,20-21,31-38,40-52,54-60,70-75H,18-19,22-28H2,1-14H3,(H,68,78)/b29-15+,30-20+,61-53-. The van der Waals surface area contributed by atoms with Crippen molar-refractivity contribution in [2.45, 2.75) is 275 Å². The number of aliphatic hydroxyl groups excluding tert-OH is 6. The van der Waals surface area contributed by atoms with Gasteiger partial charge in [-0.25, -0.2) is 9.59 Å². The van der Waals surface area contributed by atoms with Crippen molar-refractivity contribution in [3.8, 4) is 0 Å². The molecule has 26 nitrogen and oxygen atoms in total. The predicted octanol–water partition coefficient (Wildman–Crippen LogP) is 5.45. The van der Waals surface area contributed by atoms with Crippen molar-refractivity contribution >= 4 is 17.8 Å². The Balaban J connectivity index is 0.943. The fourth-order valence-electron chi connectivity index (χ4n) is 17.2. The van der Waals surface area contributed by atoms with E-state index in [1.165, 1.54) is 14.0 Å². The number of methoxy groups -OCH3 is 2. The van der Waals surface area contributed by atoms with Crippen LogP contribution in [0.3, 0.4) is 0 Å². The number of nitrogens with one attached hydrogen (secondary N) is 1. The predicted molar refractivity (Wildman–Crippen MR) is 327 cm³/mol. The third kappa shape index (κ3) is 13.7. The minimum absolute atomic E-state index is 0.00999. The highest BCUT2D eigenvalue weighted by molar-refractivity contribution is 6.26. The van der Waals surface area contributed by atoms with E-state index in [0.717, 1.165) is 12.7 Å². The summed E-state index contributed by atoms with van der Waals surface area (Å²) in [5.41, 5.74) is -3.49. The van der Waals surface area contributed by atoms with Crippen molar-refractivity contribution in [3.63, 3.8) is 0 Å². The van der Waals surface area contributed by atoms with Crippen LogP contribution in [0.2, 0.25) is 0 Å². The van der Waals surface area contributed by atoms with Crippen LogP contribution in [0.15, 0.2) is 58.4 Å². The monoisotopic (exact) mass is 1320 g/mol. The van der Waals surface area contributed by atoms with E-state index in [0.29, 0.717) is 17.6 Å². The average Bonchev–Trinajstić information content (AvgIpc) is 1.70. The van der Waals surface area contributed by atoms with Crippen LogP contribution >= 0.6 is 0 Å². The minimum atomic E-state index is -1.84. The molecule has 0 aromatic rings. The number of carbonyl (C=O) groups excluding carboxylic acids is 3. The van der Waals surface area contributed by atoms with Crippen LogP contribution < -0.4 is 5.32 Å². The maximum absolute atomic E-state index is 15.7. The molecule has 7 N–H and O–H groups in total. The first-order valence-electron chi connectivity index (χ1n) is 33.2. The molecule has 0 radical (unpaired) electrons. The zero-order chi connectivity index (χ0) is 67.7. The Morgan fingerprint density at radius 1 is 0.688 bits per heavy atom. The highest BCUT2D eigenvalue weighted by Crippen LogP contribution is 2.61. The number of amides is 1. The van der Waals surface area contributed by atoms with E-state index in [1.807, 2.05) is 32.9 Å². The lowest BCUT2D eigenvalue weighted by Crippen LogP contribution is -2.65. The van der Waals surface area contributed by atoms with Gasteiger partial charge in [0.05, 0.1) is 87.3 Å². The number of allylic oxidation sites excluding steroid dienone is 3.